The molecule has 3 saturated heterocycles. The second-order valence-corrected chi connectivity index (χ2v) is 11.0. The van der Waals surface area contributed by atoms with Gasteiger partial charge in [-0.1, -0.05) is 12.1 Å². The zero-order valence-electron chi connectivity index (χ0n) is 27.0. The standard InChI is InChI=1S/C28H40FN3O3.C4H9N.CH4O.CH2O/c1-30-10-7-25(35-26-19-23(29)18-24(20-26)32-13-11-31-12-14-32)5-3-21-4-6-28(33-2)27(17-21)22-8-15-34-16-9-22;1-2-4-5-3-1;2*1-2/h4,6,17-20,22,25,30-31H,3,5,7-16H2,1-2H3;5H,1-4H2;2H,1H3;1H2. The Kier molecular flexibility index (Phi) is 19.3. The van der Waals surface area contributed by atoms with Crippen molar-refractivity contribution in [3.8, 4) is 11.5 Å². The van der Waals surface area contributed by atoms with Crippen molar-refractivity contribution in [2.75, 3.05) is 85.2 Å². The SMILES string of the molecule is C1CCNC1.C=O.CNCCC(CCc1ccc(OC)c(C2CCOCC2)c1)Oc1cc(F)cc(N2CCNCC2)c1.CO. The molecule has 3 fully saturated rings. The summed E-state index contributed by atoms with van der Waals surface area (Å²) in [5.41, 5.74) is 3.46. The number of carbonyl (C=O) groups is 1. The second-order valence-electron chi connectivity index (χ2n) is 11.0. The molecule has 0 saturated carbocycles. The van der Waals surface area contributed by atoms with Crippen LogP contribution in [0.3, 0.4) is 0 Å². The van der Waals surface area contributed by atoms with E-state index in [9.17, 15) is 4.39 Å². The quantitative estimate of drug-likeness (QED) is 0.298. The molecule has 2 aromatic carbocycles. The molecule has 4 N–H and O–H groups in total. The van der Waals surface area contributed by atoms with Crippen molar-refractivity contribution >= 4 is 12.5 Å². The number of benzene rings is 2. The topological polar surface area (TPSA) is 104 Å². The largest absolute Gasteiger partial charge is 0.496 e. The van der Waals surface area contributed by atoms with E-state index >= 15 is 0 Å². The molecule has 5 rings (SSSR count). The van der Waals surface area contributed by atoms with Gasteiger partial charge >= 0.3 is 0 Å². The number of aliphatic hydroxyl groups is 1. The number of ether oxygens (including phenoxy) is 3. The molecular formula is C34H55FN4O5. The molecule has 9 nitrogen and oxygen atoms in total. The van der Waals surface area contributed by atoms with Crippen molar-refractivity contribution in [2.45, 2.75) is 57.0 Å². The van der Waals surface area contributed by atoms with E-state index in [1.54, 1.807) is 13.2 Å². The number of aryl methyl sites for hydroxylation is 1. The van der Waals surface area contributed by atoms with Gasteiger partial charge in [0.2, 0.25) is 0 Å². The number of halogens is 1. The number of anilines is 1. The zero-order chi connectivity index (χ0) is 32.0. The molecule has 3 heterocycles. The summed E-state index contributed by atoms with van der Waals surface area (Å²) in [7, 11) is 4.69. The molecule has 44 heavy (non-hydrogen) atoms. The fourth-order valence-electron chi connectivity index (χ4n) is 5.70. The van der Waals surface area contributed by atoms with Crippen LogP contribution in [0.2, 0.25) is 0 Å². The van der Waals surface area contributed by atoms with Crippen LogP contribution in [0.25, 0.3) is 0 Å². The summed E-state index contributed by atoms with van der Waals surface area (Å²) in [6.45, 7) is 10.5. The lowest BCUT2D eigenvalue weighted by molar-refractivity contribution is -0.0980. The Morgan fingerprint density at radius 2 is 1.70 bits per heavy atom. The van der Waals surface area contributed by atoms with Crippen LogP contribution in [0, 0.1) is 5.82 Å². The first-order valence-electron chi connectivity index (χ1n) is 15.9. The van der Waals surface area contributed by atoms with Gasteiger partial charge in [0.25, 0.3) is 0 Å². The lowest BCUT2D eigenvalue weighted by atomic mass is 9.89. The van der Waals surface area contributed by atoms with Gasteiger partial charge in [-0.25, -0.2) is 4.39 Å². The maximum atomic E-state index is 14.5. The van der Waals surface area contributed by atoms with Crippen LogP contribution in [-0.4, -0.2) is 98.3 Å². The van der Waals surface area contributed by atoms with Crippen LogP contribution in [0.4, 0.5) is 10.1 Å². The number of hydrogen-bond acceptors (Lipinski definition) is 9. The number of nitrogens with zero attached hydrogens (tertiary/aromatic N) is 1. The van der Waals surface area contributed by atoms with Gasteiger partial charge in [-0.2, -0.15) is 0 Å². The highest BCUT2D eigenvalue weighted by atomic mass is 19.1. The van der Waals surface area contributed by atoms with Crippen molar-refractivity contribution in [2.24, 2.45) is 0 Å². The molecular weight excluding hydrogens is 563 g/mol. The van der Waals surface area contributed by atoms with Crippen molar-refractivity contribution in [3.63, 3.8) is 0 Å². The lowest BCUT2D eigenvalue weighted by Crippen LogP contribution is -2.43. The summed E-state index contributed by atoms with van der Waals surface area (Å²) >= 11 is 0. The van der Waals surface area contributed by atoms with Crippen LogP contribution in [0.1, 0.15) is 55.6 Å². The molecule has 10 heteroatoms. The average molecular weight is 619 g/mol. The van der Waals surface area contributed by atoms with Crippen molar-refractivity contribution in [1.29, 1.82) is 0 Å². The van der Waals surface area contributed by atoms with Gasteiger partial charge in [0, 0.05) is 64.3 Å². The number of methoxy groups -OCH3 is 1. The fourth-order valence-corrected chi connectivity index (χ4v) is 5.70. The molecule has 0 bridgehead atoms. The van der Waals surface area contributed by atoms with Gasteiger partial charge in [-0.3, -0.25) is 0 Å². The molecule has 2 aromatic rings. The summed E-state index contributed by atoms with van der Waals surface area (Å²) in [6.07, 6.45) is 7.45. The van der Waals surface area contributed by atoms with E-state index in [-0.39, 0.29) is 11.9 Å². The number of carbonyl (C=O) groups excluding carboxylic acids is 1. The van der Waals surface area contributed by atoms with Crippen molar-refractivity contribution < 1.29 is 28.5 Å². The Morgan fingerprint density at radius 1 is 1.02 bits per heavy atom. The van der Waals surface area contributed by atoms with E-state index < -0.39 is 0 Å². The van der Waals surface area contributed by atoms with E-state index in [0.717, 1.165) is 96.6 Å². The molecule has 0 spiro atoms. The molecule has 0 radical (unpaired) electrons. The van der Waals surface area contributed by atoms with Crippen LogP contribution < -0.4 is 30.3 Å². The molecule has 248 valence electrons. The summed E-state index contributed by atoms with van der Waals surface area (Å²) < 4.78 is 32.1. The highest BCUT2D eigenvalue weighted by molar-refractivity contribution is 5.51. The van der Waals surface area contributed by atoms with Crippen LogP contribution in [-0.2, 0) is 16.0 Å². The van der Waals surface area contributed by atoms with E-state index in [1.807, 2.05) is 19.9 Å². The third kappa shape index (κ3) is 13.1. The Morgan fingerprint density at radius 3 is 2.32 bits per heavy atom. The Balaban J connectivity index is 0.000000660. The van der Waals surface area contributed by atoms with E-state index in [2.05, 4.69) is 39.0 Å². The summed E-state index contributed by atoms with van der Waals surface area (Å²) in [6, 6.07) is 11.6. The van der Waals surface area contributed by atoms with Crippen molar-refractivity contribution in [3.05, 3.63) is 53.3 Å². The predicted molar refractivity (Wildman–Crippen MR) is 176 cm³/mol. The molecule has 3 aliphatic heterocycles. The number of aliphatic hydroxyl groups excluding tert-OH is 1. The fraction of sp³-hybridized carbons (Fsp3) is 0.618. The minimum absolute atomic E-state index is 0.00578. The molecule has 0 aliphatic carbocycles. The second kappa shape index (κ2) is 22.7. The monoisotopic (exact) mass is 618 g/mol. The summed E-state index contributed by atoms with van der Waals surface area (Å²) in [4.78, 5) is 10.2. The van der Waals surface area contributed by atoms with Crippen LogP contribution >= 0.6 is 0 Å². The Hall–Kier alpha value is -2.76. The lowest BCUT2D eigenvalue weighted by Gasteiger charge is -2.30. The molecule has 3 aliphatic rings. The van der Waals surface area contributed by atoms with Gasteiger partial charge in [0.15, 0.2) is 0 Å². The first kappa shape index (κ1) is 37.4. The predicted octanol–water partition coefficient (Wildman–Crippen LogP) is 3.92. The van der Waals surface area contributed by atoms with Crippen LogP contribution in [0.5, 0.6) is 11.5 Å². The Labute approximate surface area is 263 Å². The highest BCUT2D eigenvalue weighted by Crippen LogP contribution is 2.35. The van der Waals surface area contributed by atoms with E-state index in [1.165, 1.54) is 43.1 Å². The first-order valence-corrected chi connectivity index (χ1v) is 15.9. The van der Waals surface area contributed by atoms with E-state index in [0.29, 0.717) is 11.7 Å². The average Bonchev–Trinajstić information content (AvgIpc) is 3.69. The number of hydrogen-bond donors (Lipinski definition) is 4. The Bertz CT molecular complexity index is 1020. The minimum Gasteiger partial charge on any atom is -0.496 e. The van der Waals surface area contributed by atoms with Crippen molar-refractivity contribution in [1.82, 2.24) is 16.0 Å². The maximum Gasteiger partial charge on any atom is 0.128 e. The van der Waals surface area contributed by atoms with Gasteiger partial charge in [0.1, 0.15) is 30.2 Å². The number of nitrogens with one attached hydrogen (secondary N) is 3. The molecule has 1 unspecified atom stereocenters. The molecule has 1 atom stereocenters. The molecule has 0 amide bonds. The summed E-state index contributed by atoms with van der Waals surface area (Å²) in [5.74, 6) is 1.80. The maximum absolute atomic E-state index is 14.5. The van der Waals surface area contributed by atoms with E-state index in [4.69, 9.17) is 24.1 Å². The highest BCUT2D eigenvalue weighted by Gasteiger charge is 2.21. The third-order valence-corrected chi connectivity index (χ3v) is 8.02. The normalized spacial score (nSPS) is 17.2. The first-order chi connectivity index (χ1) is 21.7. The number of rotatable bonds is 11. The smallest absolute Gasteiger partial charge is 0.128 e. The van der Waals surface area contributed by atoms with Crippen LogP contribution in [0.15, 0.2) is 36.4 Å². The number of piperazine rings is 1. The molecule has 0 aromatic heterocycles. The third-order valence-electron chi connectivity index (χ3n) is 8.02. The minimum atomic E-state index is -0.250. The van der Waals surface area contributed by atoms with Gasteiger partial charge < -0.3 is 45.0 Å². The summed E-state index contributed by atoms with van der Waals surface area (Å²) in [5, 5.41) is 16.8. The van der Waals surface area contributed by atoms with Gasteiger partial charge in [-0.15, -0.1) is 0 Å². The van der Waals surface area contributed by atoms with Gasteiger partial charge in [0.05, 0.1) is 7.11 Å². The zero-order valence-corrected chi connectivity index (χ0v) is 27.0. The van der Waals surface area contributed by atoms with Gasteiger partial charge in [-0.05, 0) is 101 Å².